The van der Waals surface area contributed by atoms with E-state index in [1.54, 1.807) is 24.3 Å². The number of hydrogen-bond acceptors (Lipinski definition) is 6. The largest absolute Gasteiger partial charge is 0.465 e. The first-order chi connectivity index (χ1) is 12.6. The minimum atomic E-state index is -0.407. The van der Waals surface area contributed by atoms with Gasteiger partial charge in [-0.05, 0) is 43.2 Å². The lowest BCUT2D eigenvalue weighted by Gasteiger charge is -2.12. The fraction of sp³-hybridized carbons (Fsp3) is 0.150. The topological polar surface area (TPSA) is 76.1 Å². The van der Waals surface area contributed by atoms with Crippen LogP contribution in [0.2, 0.25) is 0 Å². The van der Waals surface area contributed by atoms with Crippen LogP contribution in [0.15, 0.2) is 54.9 Å². The molecule has 0 aliphatic rings. The molecule has 0 radical (unpaired) electrons. The Morgan fingerprint density at radius 3 is 2.35 bits per heavy atom. The molecule has 26 heavy (non-hydrogen) atoms. The second-order valence-corrected chi connectivity index (χ2v) is 5.89. The smallest absolute Gasteiger partial charge is 0.339 e. The van der Waals surface area contributed by atoms with Crippen LogP contribution < -0.4 is 10.6 Å². The molecule has 6 heteroatoms. The van der Waals surface area contributed by atoms with Crippen LogP contribution in [0, 0.1) is 13.8 Å². The maximum atomic E-state index is 11.9. The monoisotopic (exact) mass is 348 g/mol. The fourth-order valence-corrected chi connectivity index (χ4v) is 2.52. The van der Waals surface area contributed by atoms with Crippen molar-refractivity contribution in [2.24, 2.45) is 0 Å². The second kappa shape index (κ2) is 7.65. The van der Waals surface area contributed by atoms with E-state index in [0.29, 0.717) is 22.9 Å². The maximum absolute atomic E-state index is 11.9. The summed E-state index contributed by atoms with van der Waals surface area (Å²) in [5.41, 5.74) is 4.34. The van der Waals surface area contributed by atoms with Crippen molar-refractivity contribution in [3.63, 3.8) is 0 Å². The molecule has 0 aliphatic carbocycles. The molecule has 0 unspecified atom stereocenters. The summed E-state index contributed by atoms with van der Waals surface area (Å²) in [6.07, 6.45) is 1.47. The number of rotatable bonds is 5. The maximum Gasteiger partial charge on any atom is 0.339 e. The highest BCUT2D eigenvalue weighted by molar-refractivity contribution is 5.96. The van der Waals surface area contributed by atoms with Crippen LogP contribution in [0.25, 0.3) is 0 Å². The molecule has 132 valence electrons. The molecular weight excluding hydrogens is 328 g/mol. The Morgan fingerprint density at radius 1 is 0.923 bits per heavy atom. The van der Waals surface area contributed by atoms with Crippen LogP contribution in [-0.4, -0.2) is 23.0 Å². The molecule has 2 aromatic carbocycles. The lowest BCUT2D eigenvalue weighted by molar-refractivity contribution is 0.0602. The van der Waals surface area contributed by atoms with Gasteiger partial charge >= 0.3 is 5.97 Å². The molecular formula is C20H20N4O2. The van der Waals surface area contributed by atoms with Gasteiger partial charge in [0.15, 0.2) is 0 Å². The van der Waals surface area contributed by atoms with Gasteiger partial charge in [0.05, 0.1) is 18.4 Å². The van der Waals surface area contributed by atoms with E-state index < -0.39 is 5.97 Å². The Labute approximate surface area is 152 Å². The van der Waals surface area contributed by atoms with Gasteiger partial charge in [-0.15, -0.1) is 0 Å². The second-order valence-electron chi connectivity index (χ2n) is 5.89. The lowest BCUT2D eigenvalue weighted by Crippen LogP contribution is -2.06. The first-order valence-electron chi connectivity index (χ1n) is 8.17. The number of para-hydroxylation sites is 1. The number of carbonyl (C=O) groups is 1. The van der Waals surface area contributed by atoms with Crippen molar-refractivity contribution in [2.45, 2.75) is 13.8 Å². The molecule has 6 nitrogen and oxygen atoms in total. The molecule has 3 aromatic rings. The summed E-state index contributed by atoms with van der Waals surface area (Å²) in [6.45, 7) is 4.08. The van der Waals surface area contributed by atoms with Crippen LogP contribution in [-0.2, 0) is 4.74 Å². The average Bonchev–Trinajstić information content (AvgIpc) is 2.65. The number of carbonyl (C=O) groups excluding carboxylic acids is 1. The van der Waals surface area contributed by atoms with Gasteiger partial charge in [-0.25, -0.2) is 14.8 Å². The van der Waals surface area contributed by atoms with Gasteiger partial charge in [-0.1, -0.05) is 24.3 Å². The highest BCUT2D eigenvalue weighted by atomic mass is 16.5. The SMILES string of the molecule is COC(=O)c1ccccc1Nc1cc(Nc2cc(C)ccc2C)ncn1. The van der Waals surface area contributed by atoms with Crippen molar-refractivity contribution >= 4 is 29.0 Å². The van der Waals surface area contributed by atoms with Crippen LogP contribution in [0.3, 0.4) is 0 Å². The van der Waals surface area contributed by atoms with E-state index in [2.05, 4.69) is 38.8 Å². The van der Waals surface area contributed by atoms with Crippen LogP contribution >= 0.6 is 0 Å². The Hall–Kier alpha value is -3.41. The number of benzene rings is 2. The summed E-state index contributed by atoms with van der Waals surface area (Å²) in [6, 6.07) is 15.1. The molecule has 0 saturated carbocycles. The summed E-state index contributed by atoms with van der Waals surface area (Å²) in [5, 5.41) is 6.45. The third kappa shape index (κ3) is 3.97. The Kier molecular flexibility index (Phi) is 5.12. The highest BCUT2D eigenvalue weighted by Gasteiger charge is 2.12. The molecule has 0 amide bonds. The third-order valence-electron chi connectivity index (χ3n) is 3.92. The van der Waals surface area contributed by atoms with Gasteiger partial charge in [0.25, 0.3) is 0 Å². The number of nitrogens with one attached hydrogen (secondary N) is 2. The number of aryl methyl sites for hydroxylation is 2. The summed E-state index contributed by atoms with van der Waals surface area (Å²) in [7, 11) is 1.36. The molecule has 0 aliphatic heterocycles. The van der Waals surface area contributed by atoms with Crippen molar-refractivity contribution in [3.05, 3.63) is 71.5 Å². The number of anilines is 4. The number of aromatic nitrogens is 2. The number of ether oxygens (including phenoxy) is 1. The predicted octanol–water partition coefficient (Wildman–Crippen LogP) is 4.37. The van der Waals surface area contributed by atoms with Gasteiger partial charge in [0.2, 0.25) is 0 Å². The first kappa shape index (κ1) is 17.4. The Bertz CT molecular complexity index is 941. The number of nitrogens with zero attached hydrogens (tertiary/aromatic N) is 2. The number of hydrogen-bond donors (Lipinski definition) is 2. The van der Waals surface area contributed by atoms with E-state index in [-0.39, 0.29) is 0 Å². The number of esters is 1. The summed E-state index contributed by atoms with van der Waals surface area (Å²) in [4.78, 5) is 20.4. The zero-order valence-corrected chi connectivity index (χ0v) is 14.9. The number of methoxy groups -OCH3 is 1. The predicted molar refractivity (Wildman–Crippen MR) is 102 cm³/mol. The van der Waals surface area contributed by atoms with E-state index in [1.807, 2.05) is 19.9 Å². The van der Waals surface area contributed by atoms with Gasteiger partial charge < -0.3 is 15.4 Å². The molecule has 1 heterocycles. The van der Waals surface area contributed by atoms with Crippen molar-refractivity contribution in [3.8, 4) is 0 Å². The van der Waals surface area contributed by atoms with Crippen molar-refractivity contribution in [1.82, 2.24) is 9.97 Å². The zero-order chi connectivity index (χ0) is 18.5. The Morgan fingerprint density at radius 2 is 1.62 bits per heavy atom. The van der Waals surface area contributed by atoms with Gasteiger partial charge in [-0.2, -0.15) is 0 Å². The average molecular weight is 348 g/mol. The van der Waals surface area contributed by atoms with Crippen molar-refractivity contribution in [1.29, 1.82) is 0 Å². The fourth-order valence-electron chi connectivity index (χ4n) is 2.52. The van der Waals surface area contributed by atoms with Crippen LogP contribution in [0.5, 0.6) is 0 Å². The molecule has 0 bridgehead atoms. The summed E-state index contributed by atoms with van der Waals surface area (Å²) >= 11 is 0. The molecule has 0 fully saturated rings. The van der Waals surface area contributed by atoms with Crippen molar-refractivity contribution < 1.29 is 9.53 Å². The molecule has 0 atom stereocenters. The molecule has 2 N–H and O–H groups in total. The van der Waals surface area contributed by atoms with Gasteiger partial charge in [-0.3, -0.25) is 0 Å². The normalized spacial score (nSPS) is 10.3. The Balaban J connectivity index is 1.85. The quantitative estimate of drug-likeness (QED) is 0.667. The van der Waals surface area contributed by atoms with E-state index in [1.165, 1.54) is 13.4 Å². The first-order valence-corrected chi connectivity index (χ1v) is 8.17. The molecule has 0 saturated heterocycles. The highest BCUT2D eigenvalue weighted by Crippen LogP contribution is 2.24. The third-order valence-corrected chi connectivity index (χ3v) is 3.92. The molecule has 1 aromatic heterocycles. The standard InChI is InChI=1S/C20H20N4O2/c1-13-8-9-14(2)17(10-13)24-19-11-18(21-12-22-19)23-16-7-5-4-6-15(16)20(25)26-3/h4-12H,1-3H3,(H2,21,22,23,24). The minimum Gasteiger partial charge on any atom is -0.465 e. The van der Waals surface area contributed by atoms with E-state index in [9.17, 15) is 4.79 Å². The molecule has 0 spiro atoms. The summed E-state index contributed by atoms with van der Waals surface area (Å²) < 4.78 is 4.82. The lowest BCUT2D eigenvalue weighted by atomic mass is 10.1. The van der Waals surface area contributed by atoms with Crippen molar-refractivity contribution in [2.75, 3.05) is 17.7 Å². The van der Waals surface area contributed by atoms with E-state index in [0.717, 1.165) is 16.8 Å². The van der Waals surface area contributed by atoms with E-state index in [4.69, 9.17) is 4.74 Å². The van der Waals surface area contributed by atoms with E-state index >= 15 is 0 Å². The van der Waals surface area contributed by atoms with Crippen LogP contribution in [0.4, 0.5) is 23.0 Å². The minimum absolute atomic E-state index is 0.407. The summed E-state index contributed by atoms with van der Waals surface area (Å²) in [5.74, 6) is 0.826. The van der Waals surface area contributed by atoms with Gasteiger partial charge in [0, 0.05) is 11.8 Å². The molecule has 3 rings (SSSR count). The zero-order valence-electron chi connectivity index (χ0n) is 14.9. The van der Waals surface area contributed by atoms with Crippen LogP contribution in [0.1, 0.15) is 21.5 Å². The van der Waals surface area contributed by atoms with Gasteiger partial charge in [0.1, 0.15) is 18.0 Å².